The average Bonchev–Trinajstić information content (AvgIpc) is 3.12. The summed E-state index contributed by atoms with van der Waals surface area (Å²) >= 11 is 13.2. The van der Waals surface area contributed by atoms with Crippen LogP contribution in [-0.4, -0.2) is 66.3 Å². The Balaban J connectivity index is 1.50. The fourth-order valence-corrected chi connectivity index (χ4v) is 4.88. The molecule has 0 saturated carbocycles. The van der Waals surface area contributed by atoms with Gasteiger partial charge in [0.2, 0.25) is 5.91 Å². The maximum Gasteiger partial charge on any atom is 0.294 e. The van der Waals surface area contributed by atoms with E-state index in [4.69, 9.17) is 37.4 Å². The van der Waals surface area contributed by atoms with Crippen LogP contribution < -0.4 is 9.47 Å². The molecule has 190 valence electrons. The predicted octanol–water partition coefficient (Wildman–Crippen LogP) is 4.87. The number of benzene rings is 2. The summed E-state index contributed by atoms with van der Waals surface area (Å²) in [7, 11) is 0. The zero-order valence-electron chi connectivity index (χ0n) is 19.5. The predicted molar refractivity (Wildman–Crippen MR) is 138 cm³/mol. The molecule has 0 radical (unpaired) electrons. The first kappa shape index (κ1) is 26.3. The van der Waals surface area contributed by atoms with Gasteiger partial charge in [0.25, 0.3) is 11.1 Å². The minimum absolute atomic E-state index is 0.197. The van der Waals surface area contributed by atoms with Crippen molar-refractivity contribution in [3.8, 4) is 11.5 Å². The number of carbonyl (C=O) groups excluding carboxylic acids is 3. The molecule has 0 unspecified atom stereocenters. The van der Waals surface area contributed by atoms with Gasteiger partial charge >= 0.3 is 0 Å². The molecule has 2 aliphatic rings. The standard InChI is InChI=1S/C25H24Cl2N2O6S/c1-2-34-20-12-17(11-19(27)23(20)35-15-16-3-5-18(26)6-4-16)13-21-24(31)29(25(32)36-21)14-22(30)28-7-9-33-10-8-28/h3-6,11-13H,2,7-10,14-15H2,1H3/b21-13-. The van der Waals surface area contributed by atoms with Crippen molar-refractivity contribution in [3.63, 3.8) is 0 Å². The summed E-state index contributed by atoms with van der Waals surface area (Å²) in [5.41, 5.74) is 1.47. The van der Waals surface area contributed by atoms with Gasteiger partial charge in [-0.2, -0.15) is 0 Å². The van der Waals surface area contributed by atoms with Gasteiger partial charge in [-0.05, 0) is 60.2 Å². The number of thioether (sulfide) groups is 1. The Morgan fingerprint density at radius 2 is 1.83 bits per heavy atom. The number of imide groups is 1. The second-order valence-corrected chi connectivity index (χ2v) is 9.78. The van der Waals surface area contributed by atoms with Crippen LogP contribution in [0.1, 0.15) is 18.1 Å². The third-order valence-electron chi connectivity index (χ3n) is 5.46. The van der Waals surface area contributed by atoms with Gasteiger partial charge in [-0.3, -0.25) is 19.3 Å². The van der Waals surface area contributed by atoms with Crippen LogP contribution in [0.3, 0.4) is 0 Å². The Labute approximate surface area is 223 Å². The third kappa shape index (κ3) is 6.34. The highest BCUT2D eigenvalue weighted by Crippen LogP contribution is 2.39. The van der Waals surface area contributed by atoms with Gasteiger partial charge in [-0.25, -0.2) is 0 Å². The Morgan fingerprint density at radius 1 is 1.11 bits per heavy atom. The van der Waals surface area contributed by atoms with Crippen LogP contribution in [0.2, 0.25) is 10.0 Å². The van der Waals surface area contributed by atoms with Crippen molar-refractivity contribution in [2.45, 2.75) is 13.5 Å². The van der Waals surface area contributed by atoms with Gasteiger partial charge in [-0.15, -0.1) is 0 Å². The number of hydrogen-bond donors (Lipinski definition) is 0. The number of morpholine rings is 1. The molecule has 11 heteroatoms. The Morgan fingerprint density at radius 3 is 2.53 bits per heavy atom. The maximum atomic E-state index is 12.9. The van der Waals surface area contributed by atoms with Crippen molar-refractivity contribution in [2.24, 2.45) is 0 Å². The van der Waals surface area contributed by atoms with Crippen LogP contribution in [0.4, 0.5) is 4.79 Å². The molecular weight excluding hydrogens is 527 g/mol. The summed E-state index contributed by atoms with van der Waals surface area (Å²) in [6.07, 6.45) is 1.56. The van der Waals surface area contributed by atoms with Crippen LogP contribution in [0.15, 0.2) is 41.3 Å². The van der Waals surface area contributed by atoms with Gasteiger partial charge in [0, 0.05) is 18.1 Å². The third-order valence-corrected chi connectivity index (χ3v) is 6.90. The summed E-state index contributed by atoms with van der Waals surface area (Å²) in [5, 5.41) is 0.431. The molecule has 0 aliphatic carbocycles. The van der Waals surface area contributed by atoms with Crippen molar-refractivity contribution >= 4 is 58.1 Å². The molecule has 8 nitrogen and oxygen atoms in total. The molecule has 2 aromatic carbocycles. The monoisotopic (exact) mass is 550 g/mol. The Kier molecular flexibility index (Phi) is 8.79. The number of carbonyl (C=O) groups is 3. The van der Waals surface area contributed by atoms with E-state index in [0.29, 0.717) is 60.0 Å². The number of amides is 3. The molecule has 0 N–H and O–H groups in total. The molecule has 0 spiro atoms. The quantitative estimate of drug-likeness (QED) is 0.433. The van der Waals surface area contributed by atoms with Crippen molar-refractivity contribution < 1.29 is 28.6 Å². The van der Waals surface area contributed by atoms with E-state index in [1.54, 1.807) is 35.2 Å². The SMILES string of the molecule is CCOc1cc(/C=C2\SC(=O)N(CC(=O)N3CCOCC3)C2=O)cc(Cl)c1OCc1ccc(Cl)cc1. The van der Waals surface area contributed by atoms with E-state index in [2.05, 4.69) is 0 Å². The van der Waals surface area contributed by atoms with E-state index in [9.17, 15) is 14.4 Å². The van der Waals surface area contributed by atoms with E-state index >= 15 is 0 Å². The molecule has 2 fully saturated rings. The topological polar surface area (TPSA) is 85.4 Å². The molecule has 2 saturated heterocycles. The number of hydrogen-bond acceptors (Lipinski definition) is 7. The highest BCUT2D eigenvalue weighted by atomic mass is 35.5. The highest BCUT2D eigenvalue weighted by Gasteiger charge is 2.37. The Hall–Kier alpha value is -2.72. The van der Waals surface area contributed by atoms with E-state index in [1.165, 1.54) is 0 Å². The number of nitrogens with zero attached hydrogens (tertiary/aromatic N) is 2. The minimum Gasteiger partial charge on any atom is -0.490 e. The molecule has 2 heterocycles. The van der Waals surface area contributed by atoms with E-state index in [1.807, 2.05) is 19.1 Å². The zero-order valence-corrected chi connectivity index (χ0v) is 21.8. The summed E-state index contributed by atoms with van der Waals surface area (Å²) in [6.45, 7) is 3.92. The first-order chi connectivity index (χ1) is 17.4. The van der Waals surface area contributed by atoms with Crippen LogP contribution >= 0.6 is 35.0 Å². The van der Waals surface area contributed by atoms with Crippen molar-refractivity contribution in [1.82, 2.24) is 9.80 Å². The molecule has 0 atom stereocenters. The molecule has 0 aromatic heterocycles. The van der Waals surface area contributed by atoms with E-state index in [-0.39, 0.29) is 24.0 Å². The van der Waals surface area contributed by atoms with Crippen molar-refractivity contribution in [1.29, 1.82) is 0 Å². The molecule has 36 heavy (non-hydrogen) atoms. The molecule has 2 aliphatic heterocycles. The zero-order chi connectivity index (χ0) is 25.7. The molecule has 3 amide bonds. The van der Waals surface area contributed by atoms with Crippen molar-refractivity contribution in [3.05, 3.63) is 62.5 Å². The normalized spacial score (nSPS) is 17.1. The molecule has 2 aromatic rings. The van der Waals surface area contributed by atoms with Gasteiger partial charge in [0.1, 0.15) is 13.2 Å². The first-order valence-electron chi connectivity index (χ1n) is 11.3. The van der Waals surface area contributed by atoms with Crippen molar-refractivity contribution in [2.75, 3.05) is 39.5 Å². The lowest BCUT2D eigenvalue weighted by Crippen LogP contribution is -2.46. The summed E-state index contributed by atoms with van der Waals surface area (Å²) in [6, 6.07) is 10.6. The van der Waals surface area contributed by atoms with Gasteiger partial charge in [-0.1, -0.05) is 35.3 Å². The highest BCUT2D eigenvalue weighted by molar-refractivity contribution is 8.18. The smallest absolute Gasteiger partial charge is 0.294 e. The van der Waals surface area contributed by atoms with Crippen LogP contribution in [0.5, 0.6) is 11.5 Å². The molecular formula is C25H24Cl2N2O6S. The van der Waals surface area contributed by atoms with Gasteiger partial charge in [0.15, 0.2) is 11.5 Å². The Bertz CT molecular complexity index is 1180. The van der Waals surface area contributed by atoms with Crippen LogP contribution in [0, 0.1) is 0 Å². The lowest BCUT2D eigenvalue weighted by molar-refractivity contribution is -0.139. The van der Waals surface area contributed by atoms with Crippen LogP contribution in [0.25, 0.3) is 6.08 Å². The lowest BCUT2D eigenvalue weighted by Gasteiger charge is -2.28. The van der Waals surface area contributed by atoms with E-state index in [0.717, 1.165) is 22.2 Å². The number of rotatable bonds is 8. The summed E-state index contributed by atoms with van der Waals surface area (Å²) in [5.74, 6) is -0.0313. The second-order valence-electron chi connectivity index (χ2n) is 7.94. The van der Waals surface area contributed by atoms with E-state index < -0.39 is 11.1 Å². The summed E-state index contributed by atoms with van der Waals surface area (Å²) in [4.78, 5) is 40.7. The largest absolute Gasteiger partial charge is 0.490 e. The molecule has 4 rings (SSSR count). The maximum absolute atomic E-state index is 12.9. The number of halogens is 2. The average molecular weight is 551 g/mol. The minimum atomic E-state index is -0.524. The lowest BCUT2D eigenvalue weighted by atomic mass is 10.1. The van der Waals surface area contributed by atoms with Gasteiger partial charge in [0.05, 0.1) is 29.7 Å². The molecule has 0 bridgehead atoms. The fourth-order valence-electron chi connectivity index (χ4n) is 3.65. The first-order valence-corrected chi connectivity index (χ1v) is 12.9. The fraction of sp³-hybridized carbons (Fsp3) is 0.320. The van der Waals surface area contributed by atoms with Crippen LogP contribution in [-0.2, 0) is 20.9 Å². The summed E-state index contributed by atoms with van der Waals surface area (Å²) < 4.78 is 16.9. The number of ether oxygens (including phenoxy) is 3. The van der Waals surface area contributed by atoms with Gasteiger partial charge < -0.3 is 19.1 Å². The second kappa shape index (κ2) is 12.0.